The predicted octanol–water partition coefficient (Wildman–Crippen LogP) is 5.51. The van der Waals surface area contributed by atoms with Gasteiger partial charge in [-0.05, 0) is 23.8 Å². The van der Waals surface area contributed by atoms with Crippen LogP contribution in [-0.2, 0) is 6.54 Å². The van der Waals surface area contributed by atoms with Crippen molar-refractivity contribution in [1.82, 2.24) is 4.90 Å². The Morgan fingerprint density at radius 3 is 2.56 bits per heavy atom. The first-order valence-electron chi connectivity index (χ1n) is 8.63. The molecule has 0 fully saturated rings. The number of hydrogen-bond donors (Lipinski definition) is 1. The van der Waals surface area contributed by atoms with Gasteiger partial charge in [0.15, 0.2) is 0 Å². The second kappa shape index (κ2) is 7.66. The fourth-order valence-corrected chi connectivity index (χ4v) is 2.85. The van der Waals surface area contributed by atoms with Crippen molar-refractivity contribution in [3.63, 3.8) is 0 Å². The monoisotopic (exact) mass is 354 g/mol. The van der Waals surface area contributed by atoms with Crippen LogP contribution < -0.4 is 0 Å². The van der Waals surface area contributed by atoms with E-state index in [0.29, 0.717) is 5.57 Å². The van der Waals surface area contributed by atoms with E-state index in [4.69, 9.17) is 0 Å². The highest BCUT2D eigenvalue weighted by atomic mass is 16.3. The second-order valence-corrected chi connectivity index (χ2v) is 6.14. The molecule has 0 unspecified atom stereocenters. The van der Waals surface area contributed by atoms with Crippen LogP contribution >= 0.6 is 0 Å². The highest BCUT2D eigenvalue weighted by Gasteiger charge is 2.10. The summed E-state index contributed by atoms with van der Waals surface area (Å²) < 4.78 is 0. The number of azo groups is 1. The molecule has 0 aromatic heterocycles. The maximum absolute atomic E-state index is 10.2. The lowest BCUT2D eigenvalue weighted by molar-refractivity contribution is 0.395. The number of aliphatic hydroxyl groups is 1. The first kappa shape index (κ1) is 16.7. The molecule has 0 aliphatic carbocycles. The van der Waals surface area contributed by atoms with Gasteiger partial charge in [0.25, 0.3) is 0 Å². The van der Waals surface area contributed by atoms with Crippen molar-refractivity contribution >= 4 is 17.5 Å². The lowest BCUT2D eigenvalue weighted by Gasteiger charge is -2.18. The molecule has 0 radical (unpaired) electrons. The topological polar surface area (TPSA) is 60.6 Å². The zero-order valence-electron chi connectivity index (χ0n) is 14.6. The van der Waals surface area contributed by atoms with Gasteiger partial charge in [0.1, 0.15) is 0 Å². The van der Waals surface area contributed by atoms with Crippen LogP contribution in [0.25, 0.3) is 5.57 Å². The molecule has 132 valence electrons. The Labute approximate surface area is 157 Å². The Hall–Kier alpha value is -3.73. The third-order valence-electron chi connectivity index (χ3n) is 4.26. The standard InChI is InChI=1S/C22H18N4O/c27-22(25-24-15-19-14-23-21-9-5-4-8-20(19)21)18-10-12-26(13-11-18)16-17-6-2-1-3-7-17/h1-15,27H,16H2/b19-15-,25-24?. The quantitative estimate of drug-likeness (QED) is 0.581. The Morgan fingerprint density at radius 1 is 1.00 bits per heavy atom. The molecule has 5 nitrogen and oxygen atoms in total. The van der Waals surface area contributed by atoms with E-state index >= 15 is 0 Å². The van der Waals surface area contributed by atoms with Gasteiger partial charge >= 0.3 is 0 Å². The number of rotatable bonds is 4. The summed E-state index contributed by atoms with van der Waals surface area (Å²) in [5.41, 5.74) is 4.63. The number of aliphatic hydroxyl groups excluding tert-OH is 1. The normalized spacial score (nSPS) is 16.5. The van der Waals surface area contributed by atoms with Crippen LogP contribution in [0.15, 0.2) is 112 Å². The minimum Gasteiger partial charge on any atom is -0.492 e. The number of hydrogen-bond acceptors (Lipinski definition) is 5. The summed E-state index contributed by atoms with van der Waals surface area (Å²) in [6, 6.07) is 18.0. The zero-order chi connectivity index (χ0) is 18.5. The van der Waals surface area contributed by atoms with E-state index in [9.17, 15) is 5.11 Å². The van der Waals surface area contributed by atoms with Gasteiger partial charge < -0.3 is 10.0 Å². The number of fused-ring (bicyclic) bond motifs is 1. The number of para-hydroxylation sites is 1. The SMILES string of the molecule is OC(N=N/C=C1/C=Nc2ccccc21)=C1C=CN(Cc2ccccc2)C=C1. The Balaban J connectivity index is 1.42. The Kier molecular flexibility index (Phi) is 4.74. The number of aliphatic imine (C=N–C) groups is 1. The van der Waals surface area contributed by atoms with E-state index in [1.165, 1.54) is 5.56 Å². The molecule has 1 N–H and O–H groups in total. The Morgan fingerprint density at radius 2 is 1.74 bits per heavy atom. The van der Waals surface area contributed by atoms with E-state index in [1.54, 1.807) is 12.4 Å². The molecule has 0 saturated heterocycles. The molecule has 0 saturated carbocycles. The van der Waals surface area contributed by atoms with E-state index in [0.717, 1.165) is 23.4 Å². The van der Waals surface area contributed by atoms with Crippen molar-refractivity contribution in [2.75, 3.05) is 0 Å². The summed E-state index contributed by atoms with van der Waals surface area (Å²) in [4.78, 5) is 6.35. The van der Waals surface area contributed by atoms with Gasteiger partial charge in [-0.1, -0.05) is 48.5 Å². The van der Waals surface area contributed by atoms with E-state index in [2.05, 4.69) is 27.4 Å². The number of benzene rings is 2. The summed E-state index contributed by atoms with van der Waals surface area (Å²) >= 11 is 0. The van der Waals surface area contributed by atoms with Crippen LogP contribution in [0.1, 0.15) is 11.1 Å². The lowest BCUT2D eigenvalue weighted by atomic mass is 10.1. The van der Waals surface area contributed by atoms with Crippen molar-refractivity contribution in [1.29, 1.82) is 0 Å². The largest absolute Gasteiger partial charge is 0.492 e. The molecule has 27 heavy (non-hydrogen) atoms. The van der Waals surface area contributed by atoms with Crippen molar-refractivity contribution in [2.45, 2.75) is 6.54 Å². The third kappa shape index (κ3) is 3.93. The van der Waals surface area contributed by atoms with Crippen LogP contribution in [0.3, 0.4) is 0 Å². The average Bonchev–Trinajstić information content (AvgIpc) is 3.12. The maximum Gasteiger partial charge on any atom is 0.238 e. The summed E-state index contributed by atoms with van der Waals surface area (Å²) in [6.07, 6.45) is 10.8. The van der Waals surface area contributed by atoms with Gasteiger partial charge in [-0.2, -0.15) is 5.11 Å². The molecule has 2 heterocycles. The molecule has 0 spiro atoms. The first-order chi connectivity index (χ1) is 13.3. The van der Waals surface area contributed by atoms with E-state index in [-0.39, 0.29) is 5.88 Å². The minimum absolute atomic E-state index is 0.123. The predicted molar refractivity (Wildman–Crippen MR) is 107 cm³/mol. The fourth-order valence-electron chi connectivity index (χ4n) is 2.85. The average molecular weight is 354 g/mol. The number of allylic oxidation sites excluding steroid dienone is 4. The maximum atomic E-state index is 10.2. The van der Waals surface area contributed by atoms with E-state index in [1.807, 2.05) is 71.9 Å². The van der Waals surface area contributed by atoms with Gasteiger partial charge in [-0.3, -0.25) is 4.99 Å². The summed E-state index contributed by atoms with van der Waals surface area (Å²) in [6.45, 7) is 0.772. The molecular formula is C22H18N4O. The van der Waals surface area contributed by atoms with Crippen LogP contribution in [0, 0.1) is 0 Å². The van der Waals surface area contributed by atoms with Crippen LogP contribution in [0.2, 0.25) is 0 Å². The highest BCUT2D eigenvalue weighted by molar-refractivity contribution is 6.16. The molecule has 5 heteroatoms. The molecule has 2 aromatic carbocycles. The molecule has 2 aliphatic heterocycles. The van der Waals surface area contributed by atoms with Crippen LogP contribution in [0.5, 0.6) is 0 Å². The molecule has 0 atom stereocenters. The smallest absolute Gasteiger partial charge is 0.238 e. The van der Waals surface area contributed by atoms with Crippen molar-refractivity contribution in [3.8, 4) is 0 Å². The number of nitrogens with zero attached hydrogens (tertiary/aromatic N) is 4. The molecule has 4 rings (SSSR count). The van der Waals surface area contributed by atoms with Gasteiger partial charge in [0.05, 0.1) is 11.9 Å². The highest BCUT2D eigenvalue weighted by Crippen LogP contribution is 2.30. The fraction of sp³-hybridized carbons (Fsp3) is 0.0455. The van der Waals surface area contributed by atoms with Crippen molar-refractivity contribution in [2.24, 2.45) is 15.2 Å². The first-order valence-corrected chi connectivity index (χ1v) is 8.63. The molecular weight excluding hydrogens is 336 g/mol. The van der Waals surface area contributed by atoms with Gasteiger partial charge in [-0.15, -0.1) is 5.11 Å². The van der Waals surface area contributed by atoms with Gasteiger partial charge in [0.2, 0.25) is 5.88 Å². The molecule has 0 amide bonds. The van der Waals surface area contributed by atoms with Gasteiger partial charge in [0, 0.05) is 41.9 Å². The Bertz CT molecular complexity index is 998. The summed E-state index contributed by atoms with van der Waals surface area (Å²) in [7, 11) is 0. The summed E-state index contributed by atoms with van der Waals surface area (Å²) in [5, 5.41) is 18.0. The molecule has 2 aliphatic rings. The van der Waals surface area contributed by atoms with Crippen molar-refractivity contribution in [3.05, 3.63) is 108 Å². The molecule has 0 bridgehead atoms. The second-order valence-electron chi connectivity index (χ2n) is 6.14. The zero-order valence-corrected chi connectivity index (χ0v) is 14.6. The summed E-state index contributed by atoms with van der Waals surface area (Å²) in [5.74, 6) is -0.123. The third-order valence-corrected chi connectivity index (χ3v) is 4.26. The molecule has 2 aromatic rings. The van der Waals surface area contributed by atoms with E-state index < -0.39 is 0 Å². The van der Waals surface area contributed by atoms with Crippen LogP contribution in [0.4, 0.5) is 5.69 Å². The van der Waals surface area contributed by atoms with Crippen LogP contribution in [-0.4, -0.2) is 16.2 Å². The lowest BCUT2D eigenvalue weighted by Crippen LogP contribution is -2.11. The minimum atomic E-state index is -0.123. The van der Waals surface area contributed by atoms with Crippen molar-refractivity contribution < 1.29 is 5.11 Å². The van der Waals surface area contributed by atoms with Gasteiger partial charge in [-0.25, -0.2) is 0 Å².